The average molecular weight is 287 g/mol. The minimum Gasteiger partial charge on any atom is -0.372 e. The first-order valence-corrected chi connectivity index (χ1v) is 7.27. The fourth-order valence-corrected chi connectivity index (χ4v) is 2.02. The summed E-state index contributed by atoms with van der Waals surface area (Å²) in [5, 5.41) is 3.33. The van der Waals surface area contributed by atoms with E-state index in [0.717, 1.165) is 17.7 Å². The summed E-state index contributed by atoms with van der Waals surface area (Å²) in [6, 6.07) is 15.5. The van der Waals surface area contributed by atoms with E-state index in [4.69, 9.17) is 4.74 Å². The number of halogens is 1. The van der Waals surface area contributed by atoms with Crippen LogP contribution >= 0.6 is 0 Å². The predicted molar refractivity (Wildman–Crippen MR) is 83.3 cm³/mol. The summed E-state index contributed by atoms with van der Waals surface area (Å²) >= 11 is 0. The van der Waals surface area contributed by atoms with Gasteiger partial charge in [-0.3, -0.25) is 0 Å². The van der Waals surface area contributed by atoms with E-state index in [2.05, 4.69) is 19.2 Å². The van der Waals surface area contributed by atoms with E-state index in [1.54, 1.807) is 0 Å². The topological polar surface area (TPSA) is 21.3 Å². The van der Waals surface area contributed by atoms with E-state index in [1.165, 1.54) is 6.07 Å². The molecule has 0 radical (unpaired) electrons. The van der Waals surface area contributed by atoms with Crippen LogP contribution in [0.3, 0.4) is 0 Å². The van der Waals surface area contributed by atoms with Crippen LogP contribution in [0.5, 0.6) is 0 Å². The molecule has 0 bridgehead atoms. The Labute approximate surface area is 126 Å². The second-order valence-electron chi connectivity index (χ2n) is 5.44. The SMILES string of the molecule is CC(C)NCc1ccc(F)c(COCc2ccccc2)c1. The van der Waals surface area contributed by atoms with Gasteiger partial charge in [-0.1, -0.05) is 50.2 Å². The molecule has 0 saturated heterocycles. The molecule has 0 heterocycles. The largest absolute Gasteiger partial charge is 0.372 e. The van der Waals surface area contributed by atoms with Crippen LogP contribution in [-0.2, 0) is 24.5 Å². The van der Waals surface area contributed by atoms with Crippen LogP contribution in [-0.4, -0.2) is 6.04 Å². The lowest BCUT2D eigenvalue weighted by Crippen LogP contribution is -2.21. The van der Waals surface area contributed by atoms with E-state index in [1.807, 2.05) is 42.5 Å². The first-order chi connectivity index (χ1) is 10.1. The van der Waals surface area contributed by atoms with E-state index < -0.39 is 0 Å². The highest BCUT2D eigenvalue weighted by Crippen LogP contribution is 2.13. The van der Waals surface area contributed by atoms with Gasteiger partial charge in [-0.05, 0) is 23.3 Å². The molecule has 0 aromatic heterocycles. The molecule has 0 fully saturated rings. The molecule has 0 amide bonds. The Balaban J connectivity index is 1.91. The lowest BCUT2D eigenvalue weighted by molar-refractivity contribution is 0.105. The second kappa shape index (κ2) is 7.91. The van der Waals surface area contributed by atoms with E-state index >= 15 is 0 Å². The Kier molecular flexibility index (Phi) is 5.90. The Bertz CT molecular complexity index is 554. The molecule has 21 heavy (non-hydrogen) atoms. The van der Waals surface area contributed by atoms with Crippen LogP contribution < -0.4 is 5.32 Å². The van der Waals surface area contributed by atoms with Gasteiger partial charge in [-0.25, -0.2) is 4.39 Å². The molecule has 3 heteroatoms. The molecular weight excluding hydrogens is 265 g/mol. The molecule has 2 rings (SSSR count). The minimum absolute atomic E-state index is 0.212. The first-order valence-electron chi connectivity index (χ1n) is 7.27. The van der Waals surface area contributed by atoms with Crippen molar-refractivity contribution in [3.63, 3.8) is 0 Å². The molecule has 0 aliphatic rings. The van der Waals surface area contributed by atoms with E-state index in [9.17, 15) is 4.39 Å². The van der Waals surface area contributed by atoms with Gasteiger partial charge in [-0.15, -0.1) is 0 Å². The van der Waals surface area contributed by atoms with Gasteiger partial charge in [0.15, 0.2) is 0 Å². The maximum atomic E-state index is 13.8. The van der Waals surface area contributed by atoms with Gasteiger partial charge in [0.05, 0.1) is 13.2 Å². The van der Waals surface area contributed by atoms with Gasteiger partial charge >= 0.3 is 0 Å². The Hall–Kier alpha value is -1.71. The first kappa shape index (κ1) is 15.7. The number of hydrogen-bond acceptors (Lipinski definition) is 2. The summed E-state index contributed by atoms with van der Waals surface area (Å²) in [5.41, 5.74) is 2.77. The van der Waals surface area contributed by atoms with Crippen LogP contribution in [0.2, 0.25) is 0 Å². The fraction of sp³-hybridized carbons (Fsp3) is 0.333. The van der Waals surface area contributed by atoms with Crippen molar-refractivity contribution in [2.24, 2.45) is 0 Å². The summed E-state index contributed by atoms with van der Waals surface area (Å²) in [7, 11) is 0. The van der Waals surface area contributed by atoms with Gasteiger partial charge in [0.2, 0.25) is 0 Å². The summed E-state index contributed by atoms with van der Waals surface area (Å²) in [6.07, 6.45) is 0. The molecule has 2 aromatic rings. The van der Waals surface area contributed by atoms with E-state index in [-0.39, 0.29) is 12.4 Å². The Morgan fingerprint density at radius 3 is 2.48 bits per heavy atom. The molecule has 112 valence electrons. The number of nitrogens with one attached hydrogen (secondary N) is 1. The van der Waals surface area contributed by atoms with Crippen molar-refractivity contribution in [1.82, 2.24) is 5.32 Å². The fourth-order valence-electron chi connectivity index (χ4n) is 2.02. The Morgan fingerprint density at radius 1 is 1.00 bits per heavy atom. The van der Waals surface area contributed by atoms with Crippen molar-refractivity contribution in [2.75, 3.05) is 0 Å². The smallest absolute Gasteiger partial charge is 0.128 e. The van der Waals surface area contributed by atoms with Gasteiger partial charge in [-0.2, -0.15) is 0 Å². The van der Waals surface area contributed by atoms with Crippen molar-refractivity contribution in [3.8, 4) is 0 Å². The normalized spacial score (nSPS) is 11.0. The van der Waals surface area contributed by atoms with Crippen molar-refractivity contribution >= 4 is 0 Å². The standard InChI is InChI=1S/C18H22FNO/c1-14(2)20-11-16-8-9-18(19)17(10-16)13-21-12-15-6-4-3-5-7-15/h3-10,14,20H,11-13H2,1-2H3. The zero-order valence-electron chi connectivity index (χ0n) is 12.6. The van der Waals surface area contributed by atoms with Gasteiger partial charge in [0.25, 0.3) is 0 Å². The summed E-state index contributed by atoms with van der Waals surface area (Å²) < 4.78 is 19.4. The summed E-state index contributed by atoms with van der Waals surface area (Å²) in [6.45, 7) is 5.70. The quantitative estimate of drug-likeness (QED) is 0.830. The number of hydrogen-bond donors (Lipinski definition) is 1. The molecule has 0 aliphatic heterocycles. The predicted octanol–water partition coefficient (Wildman–Crippen LogP) is 4.04. The molecule has 0 aliphatic carbocycles. The zero-order valence-corrected chi connectivity index (χ0v) is 12.6. The number of rotatable bonds is 7. The molecule has 2 aromatic carbocycles. The Morgan fingerprint density at radius 2 is 1.76 bits per heavy atom. The number of benzene rings is 2. The molecule has 2 nitrogen and oxygen atoms in total. The van der Waals surface area contributed by atoms with Crippen LogP contribution in [0.1, 0.15) is 30.5 Å². The third kappa shape index (κ3) is 5.29. The second-order valence-corrected chi connectivity index (χ2v) is 5.44. The molecular formula is C18H22FNO. The molecule has 0 spiro atoms. The third-order valence-electron chi connectivity index (χ3n) is 3.19. The van der Waals surface area contributed by atoms with Gasteiger partial charge in [0.1, 0.15) is 5.82 Å². The zero-order chi connectivity index (χ0) is 15.1. The van der Waals surface area contributed by atoms with Crippen molar-refractivity contribution in [3.05, 3.63) is 71.0 Å². The minimum atomic E-state index is -0.212. The molecule has 0 atom stereocenters. The molecule has 1 N–H and O–H groups in total. The van der Waals surface area contributed by atoms with E-state index in [0.29, 0.717) is 18.2 Å². The van der Waals surface area contributed by atoms with Crippen LogP contribution in [0, 0.1) is 5.82 Å². The monoisotopic (exact) mass is 287 g/mol. The van der Waals surface area contributed by atoms with Crippen LogP contribution in [0.15, 0.2) is 48.5 Å². The lowest BCUT2D eigenvalue weighted by Gasteiger charge is -2.11. The lowest BCUT2D eigenvalue weighted by atomic mass is 10.1. The third-order valence-corrected chi connectivity index (χ3v) is 3.19. The highest BCUT2D eigenvalue weighted by atomic mass is 19.1. The van der Waals surface area contributed by atoms with Gasteiger partial charge in [0, 0.05) is 18.2 Å². The average Bonchev–Trinajstić information content (AvgIpc) is 2.49. The maximum absolute atomic E-state index is 13.8. The van der Waals surface area contributed by atoms with Crippen molar-refractivity contribution in [2.45, 2.75) is 39.6 Å². The van der Waals surface area contributed by atoms with Crippen molar-refractivity contribution in [1.29, 1.82) is 0 Å². The molecule has 0 unspecified atom stereocenters. The van der Waals surface area contributed by atoms with Crippen LogP contribution in [0.4, 0.5) is 4.39 Å². The highest BCUT2D eigenvalue weighted by Gasteiger charge is 2.05. The van der Waals surface area contributed by atoms with Crippen LogP contribution in [0.25, 0.3) is 0 Å². The summed E-state index contributed by atoms with van der Waals surface area (Å²) in [4.78, 5) is 0. The van der Waals surface area contributed by atoms with Gasteiger partial charge < -0.3 is 10.1 Å². The number of ether oxygens (including phenoxy) is 1. The highest BCUT2D eigenvalue weighted by molar-refractivity contribution is 5.24. The molecule has 0 saturated carbocycles. The maximum Gasteiger partial charge on any atom is 0.128 e. The van der Waals surface area contributed by atoms with Crippen molar-refractivity contribution < 1.29 is 9.13 Å². The summed E-state index contributed by atoms with van der Waals surface area (Å²) in [5.74, 6) is -0.212.